The standard InChI is InChI=1S/C13H14N2S2/c1-2-5-10(4-1)17-13-8-7-11(14-15-13)12-6-3-9-16-12/h3,6-10H,1-2,4-5H2. The lowest BCUT2D eigenvalue weighted by Crippen LogP contribution is -1.96. The van der Waals surface area contributed by atoms with Gasteiger partial charge in [-0.05, 0) is 36.4 Å². The highest BCUT2D eigenvalue weighted by Gasteiger charge is 2.16. The number of rotatable bonds is 3. The molecule has 2 nitrogen and oxygen atoms in total. The third-order valence-electron chi connectivity index (χ3n) is 3.00. The third-order valence-corrected chi connectivity index (χ3v) is 5.16. The first-order chi connectivity index (χ1) is 8.42. The Morgan fingerprint density at radius 3 is 2.65 bits per heavy atom. The van der Waals surface area contributed by atoms with E-state index >= 15 is 0 Å². The van der Waals surface area contributed by atoms with Gasteiger partial charge in [0.2, 0.25) is 0 Å². The zero-order valence-electron chi connectivity index (χ0n) is 9.50. The lowest BCUT2D eigenvalue weighted by Gasteiger charge is -2.06. The minimum absolute atomic E-state index is 0.761. The SMILES string of the molecule is c1csc(-c2ccc(SC3CCCC3)nn2)c1. The number of nitrogens with zero attached hydrogens (tertiary/aromatic N) is 2. The quantitative estimate of drug-likeness (QED) is 0.827. The molecule has 0 spiro atoms. The van der Waals surface area contributed by atoms with Crippen LogP contribution in [0.5, 0.6) is 0 Å². The summed E-state index contributed by atoms with van der Waals surface area (Å²) in [4.78, 5) is 1.19. The topological polar surface area (TPSA) is 25.8 Å². The summed E-state index contributed by atoms with van der Waals surface area (Å²) in [5.41, 5.74) is 0.982. The summed E-state index contributed by atoms with van der Waals surface area (Å²) in [7, 11) is 0. The van der Waals surface area contributed by atoms with Gasteiger partial charge in [-0.15, -0.1) is 33.3 Å². The van der Waals surface area contributed by atoms with Crippen molar-refractivity contribution in [2.45, 2.75) is 36.0 Å². The molecule has 88 valence electrons. The van der Waals surface area contributed by atoms with E-state index in [-0.39, 0.29) is 0 Å². The maximum atomic E-state index is 4.32. The largest absolute Gasteiger partial charge is 0.149 e. The van der Waals surface area contributed by atoms with Gasteiger partial charge in [0.25, 0.3) is 0 Å². The van der Waals surface area contributed by atoms with Gasteiger partial charge in [0.05, 0.1) is 4.88 Å². The maximum absolute atomic E-state index is 4.32. The Morgan fingerprint density at radius 2 is 2.00 bits per heavy atom. The Morgan fingerprint density at radius 1 is 1.12 bits per heavy atom. The fraction of sp³-hybridized carbons (Fsp3) is 0.385. The van der Waals surface area contributed by atoms with Crippen LogP contribution in [0, 0.1) is 0 Å². The predicted molar refractivity (Wildman–Crippen MR) is 73.5 cm³/mol. The average Bonchev–Trinajstić information content (AvgIpc) is 3.01. The molecule has 0 saturated heterocycles. The maximum Gasteiger partial charge on any atom is 0.119 e. The number of thioether (sulfide) groups is 1. The van der Waals surface area contributed by atoms with Gasteiger partial charge in [0.1, 0.15) is 10.7 Å². The van der Waals surface area contributed by atoms with Crippen molar-refractivity contribution in [3.05, 3.63) is 29.6 Å². The van der Waals surface area contributed by atoms with Crippen LogP contribution < -0.4 is 0 Å². The van der Waals surface area contributed by atoms with Crippen LogP contribution in [0.2, 0.25) is 0 Å². The smallest absolute Gasteiger partial charge is 0.119 e. The van der Waals surface area contributed by atoms with Crippen molar-refractivity contribution in [2.75, 3.05) is 0 Å². The predicted octanol–water partition coefficient (Wildman–Crippen LogP) is 4.24. The summed E-state index contributed by atoms with van der Waals surface area (Å²) in [5, 5.41) is 12.5. The first-order valence-electron chi connectivity index (χ1n) is 5.96. The second-order valence-electron chi connectivity index (χ2n) is 4.26. The van der Waals surface area contributed by atoms with Gasteiger partial charge in [0, 0.05) is 5.25 Å². The molecular formula is C13H14N2S2. The zero-order valence-corrected chi connectivity index (χ0v) is 11.1. The molecule has 0 atom stereocenters. The van der Waals surface area contributed by atoms with Crippen molar-refractivity contribution in [2.24, 2.45) is 0 Å². The van der Waals surface area contributed by atoms with E-state index in [1.54, 1.807) is 11.3 Å². The monoisotopic (exact) mass is 262 g/mol. The Hall–Kier alpha value is -0.870. The second-order valence-corrected chi connectivity index (χ2v) is 6.53. The molecule has 2 heterocycles. The van der Waals surface area contributed by atoms with Gasteiger partial charge >= 0.3 is 0 Å². The van der Waals surface area contributed by atoms with Crippen molar-refractivity contribution in [3.8, 4) is 10.6 Å². The highest BCUT2D eigenvalue weighted by Crippen LogP contribution is 2.33. The molecule has 0 amide bonds. The Balaban J connectivity index is 1.71. The van der Waals surface area contributed by atoms with Crippen molar-refractivity contribution in [3.63, 3.8) is 0 Å². The average molecular weight is 262 g/mol. The van der Waals surface area contributed by atoms with Crippen molar-refractivity contribution in [1.82, 2.24) is 10.2 Å². The summed E-state index contributed by atoms with van der Waals surface area (Å²) >= 11 is 3.59. The summed E-state index contributed by atoms with van der Waals surface area (Å²) < 4.78 is 0. The van der Waals surface area contributed by atoms with Gasteiger partial charge in [-0.1, -0.05) is 18.9 Å². The van der Waals surface area contributed by atoms with Crippen LogP contribution in [0.4, 0.5) is 0 Å². The fourth-order valence-corrected chi connectivity index (χ4v) is 3.95. The van der Waals surface area contributed by atoms with Crippen LogP contribution in [-0.4, -0.2) is 15.4 Å². The minimum Gasteiger partial charge on any atom is -0.149 e. The molecule has 1 fully saturated rings. The van der Waals surface area contributed by atoms with Crippen LogP contribution >= 0.6 is 23.1 Å². The molecule has 4 heteroatoms. The van der Waals surface area contributed by atoms with Crippen LogP contribution in [0.15, 0.2) is 34.7 Å². The van der Waals surface area contributed by atoms with E-state index in [9.17, 15) is 0 Å². The van der Waals surface area contributed by atoms with E-state index in [2.05, 4.69) is 33.8 Å². The molecule has 1 saturated carbocycles. The molecular weight excluding hydrogens is 248 g/mol. The van der Waals surface area contributed by atoms with Crippen molar-refractivity contribution < 1.29 is 0 Å². The normalized spacial score (nSPS) is 16.5. The van der Waals surface area contributed by atoms with E-state index in [1.165, 1.54) is 30.6 Å². The summed E-state index contributed by atoms with van der Waals surface area (Å²) in [6.45, 7) is 0. The van der Waals surface area contributed by atoms with Gasteiger partial charge in [-0.3, -0.25) is 0 Å². The lowest BCUT2D eigenvalue weighted by atomic mass is 10.3. The molecule has 0 bridgehead atoms. The number of hydrogen-bond acceptors (Lipinski definition) is 4. The fourth-order valence-electron chi connectivity index (χ4n) is 2.12. The van der Waals surface area contributed by atoms with Gasteiger partial charge in [0.15, 0.2) is 0 Å². The van der Waals surface area contributed by atoms with E-state index < -0.39 is 0 Å². The van der Waals surface area contributed by atoms with Crippen LogP contribution in [0.25, 0.3) is 10.6 Å². The van der Waals surface area contributed by atoms with E-state index in [0.717, 1.165) is 16.0 Å². The van der Waals surface area contributed by atoms with Gasteiger partial charge in [-0.2, -0.15) is 0 Å². The van der Waals surface area contributed by atoms with Crippen LogP contribution in [0.3, 0.4) is 0 Å². The van der Waals surface area contributed by atoms with Crippen LogP contribution in [-0.2, 0) is 0 Å². The Labute approximate surface area is 109 Å². The third kappa shape index (κ3) is 2.69. The molecule has 3 rings (SSSR count). The molecule has 1 aliphatic rings. The molecule has 0 unspecified atom stereocenters. The van der Waals surface area contributed by atoms with Crippen molar-refractivity contribution >= 4 is 23.1 Å². The molecule has 0 N–H and O–H groups in total. The second kappa shape index (κ2) is 5.19. The highest BCUT2D eigenvalue weighted by molar-refractivity contribution is 7.99. The molecule has 2 aromatic heterocycles. The molecule has 2 aromatic rings. The number of aromatic nitrogens is 2. The number of thiophene rings is 1. The Kier molecular flexibility index (Phi) is 3.43. The van der Waals surface area contributed by atoms with E-state index in [1.807, 2.05) is 17.8 Å². The summed E-state index contributed by atoms with van der Waals surface area (Å²) in [5.74, 6) is 0. The molecule has 17 heavy (non-hydrogen) atoms. The first kappa shape index (κ1) is 11.2. The molecule has 0 aliphatic heterocycles. The van der Waals surface area contributed by atoms with Gasteiger partial charge < -0.3 is 0 Å². The number of hydrogen-bond donors (Lipinski definition) is 0. The molecule has 0 radical (unpaired) electrons. The zero-order chi connectivity index (χ0) is 11.5. The van der Waals surface area contributed by atoms with Crippen molar-refractivity contribution in [1.29, 1.82) is 0 Å². The first-order valence-corrected chi connectivity index (χ1v) is 7.72. The lowest BCUT2D eigenvalue weighted by molar-refractivity contribution is 0.885. The minimum atomic E-state index is 0.761. The summed E-state index contributed by atoms with van der Waals surface area (Å²) in [6, 6.07) is 8.31. The Bertz CT molecular complexity index is 459. The van der Waals surface area contributed by atoms with E-state index in [0.29, 0.717) is 0 Å². The molecule has 0 aromatic carbocycles. The summed E-state index contributed by atoms with van der Waals surface area (Å²) in [6.07, 6.45) is 5.41. The van der Waals surface area contributed by atoms with E-state index in [4.69, 9.17) is 0 Å². The molecule has 1 aliphatic carbocycles. The highest BCUT2D eigenvalue weighted by atomic mass is 32.2. The van der Waals surface area contributed by atoms with Crippen LogP contribution in [0.1, 0.15) is 25.7 Å². The van der Waals surface area contributed by atoms with Gasteiger partial charge in [-0.25, -0.2) is 0 Å².